The molecule has 0 saturated carbocycles. The number of nitrogens with zero attached hydrogens (tertiary/aromatic N) is 3. The number of carbonyl (C=O) groups is 1. The van der Waals surface area contributed by atoms with Crippen LogP contribution < -0.4 is 10.1 Å². The lowest BCUT2D eigenvalue weighted by atomic mass is 10.2. The van der Waals surface area contributed by atoms with E-state index in [9.17, 15) is 13.2 Å². The molecule has 0 atom stereocenters. The zero-order chi connectivity index (χ0) is 20.5. The summed E-state index contributed by atoms with van der Waals surface area (Å²) in [5, 5.41) is 2.60. The van der Waals surface area contributed by atoms with Crippen LogP contribution in [0.4, 0.5) is 0 Å². The maximum atomic E-state index is 12.4. The summed E-state index contributed by atoms with van der Waals surface area (Å²) in [6, 6.07) is 13.5. The third kappa shape index (κ3) is 4.04. The molecule has 7 nitrogen and oxygen atoms in total. The Morgan fingerprint density at radius 3 is 2.39 bits per heavy atom. The van der Waals surface area contributed by atoms with Crippen molar-refractivity contribution in [3.8, 4) is 0 Å². The van der Waals surface area contributed by atoms with Gasteiger partial charge in [0.1, 0.15) is 0 Å². The van der Waals surface area contributed by atoms with E-state index in [0.717, 1.165) is 14.5 Å². The fourth-order valence-corrected chi connectivity index (χ4v) is 4.63. The molecule has 0 bridgehead atoms. The number of rotatable bonds is 3. The van der Waals surface area contributed by atoms with E-state index in [1.807, 2.05) is 35.9 Å². The van der Waals surface area contributed by atoms with Gasteiger partial charge in [0.2, 0.25) is 15.1 Å². The fraction of sp³-hybridized carbons (Fsp3) is 0.167. The van der Waals surface area contributed by atoms with Crippen LogP contribution in [0.3, 0.4) is 0 Å². The SMILES string of the molecule is CN(C)S(=O)(=O)c1ccc(C(=O)NC(=S)N=c2sc3ccccc3n2C)cc1. The van der Waals surface area contributed by atoms with Crippen molar-refractivity contribution in [2.24, 2.45) is 12.0 Å². The first kappa shape index (κ1) is 20.3. The van der Waals surface area contributed by atoms with Gasteiger partial charge in [-0.3, -0.25) is 10.1 Å². The Labute approximate surface area is 172 Å². The van der Waals surface area contributed by atoms with Gasteiger partial charge >= 0.3 is 0 Å². The topological polar surface area (TPSA) is 83.8 Å². The van der Waals surface area contributed by atoms with Crippen LogP contribution in [0, 0.1) is 0 Å². The normalized spacial score (nSPS) is 12.5. The van der Waals surface area contributed by atoms with Crippen molar-refractivity contribution >= 4 is 54.8 Å². The predicted octanol–water partition coefficient (Wildman–Crippen LogP) is 2.11. The predicted molar refractivity (Wildman–Crippen MR) is 114 cm³/mol. The number of benzene rings is 2. The minimum atomic E-state index is -3.54. The van der Waals surface area contributed by atoms with Gasteiger partial charge in [-0.1, -0.05) is 23.5 Å². The van der Waals surface area contributed by atoms with E-state index in [4.69, 9.17) is 12.2 Å². The highest BCUT2D eigenvalue weighted by molar-refractivity contribution is 7.89. The Bertz CT molecular complexity index is 1220. The van der Waals surface area contributed by atoms with E-state index in [1.54, 1.807) is 0 Å². The number of para-hydroxylation sites is 1. The van der Waals surface area contributed by atoms with Crippen LogP contribution in [0.15, 0.2) is 58.4 Å². The molecule has 146 valence electrons. The Kier molecular flexibility index (Phi) is 5.75. The zero-order valence-electron chi connectivity index (χ0n) is 15.4. The summed E-state index contributed by atoms with van der Waals surface area (Å²) in [6.45, 7) is 0. The van der Waals surface area contributed by atoms with Gasteiger partial charge in [0, 0.05) is 26.7 Å². The number of thiazole rings is 1. The van der Waals surface area contributed by atoms with Crippen LogP contribution >= 0.6 is 23.6 Å². The van der Waals surface area contributed by atoms with Crippen molar-refractivity contribution in [2.75, 3.05) is 14.1 Å². The van der Waals surface area contributed by atoms with Crippen molar-refractivity contribution in [1.29, 1.82) is 0 Å². The average Bonchev–Trinajstić information content (AvgIpc) is 2.97. The minimum absolute atomic E-state index is 0.0390. The Hall–Kier alpha value is -2.40. The van der Waals surface area contributed by atoms with Gasteiger partial charge < -0.3 is 4.57 Å². The molecular weight excluding hydrogens is 416 g/mol. The lowest BCUT2D eigenvalue weighted by Gasteiger charge is -2.11. The van der Waals surface area contributed by atoms with Crippen LogP contribution in [-0.4, -0.2) is 42.4 Å². The molecule has 0 unspecified atom stereocenters. The van der Waals surface area contributed by atoms with E-state index in [1.165, 1.54) is 49.7 Å². The highest BCUT2D eigenvalue weighted by Gasteiger charge is 2.17. The van der Waals surface area contributed by atoms with Gasteiger partial charge in [-0.15, -0.1) is 0 Å². The number of sulfonamides is 1. The summed E-state index contributed by atoms with van der Waals surface area (Å²) in [4.78, 5) is 17.5. The van der Waals surface area contributed by atoms with Crippen molar-refractivity contribution in [3.63, 3.8) is 0 Å². The molecule has 0 saturated heterocycles. The maximum absolute atomic E-state index is 12.4. The molecule has 0 aliphatic carbocycles. The van der Waals surface area contributed by atoms with Gasteiger partial charge in [-0.25, -0.2) is 12.7 Å². The number of hydrogen-bond acceptors (Lipinski definition) is 5. The third-order valence-electron chi connectivity index (χ3n) is 4.03. The number of aryl methyl sites for hydroxylation is 1. The van der Waals surface area contributed by atoms with Crippen LogP contribution in [0.5, 0.6) is 0 Å². The van der Waals surface area contributed by atoms with Crippen molar-refractivity contribution in [3.05, 3.63) is 58.9 Å². The standard InChI is InChI=1S/C18H18N4O3S3/c1-21(2)28(24,25)13-10-8-12(9-11-13)16(23)19-17(26)20-18-22(3)14-6-4-5-7-15(14)27-18/h4-11H,1-3H3,(H,19,23,26). The molecule has 28 heavy (non-hydrogen) atoms. The van der Waals surface area contributed by atoms with Crippen LogP contribution in [0.2, 0.25) is 0 Å². The largest absolute Gasteiger partial charge is 0.319 e. The molecule has 0 aliphatic rings. The molecule has 2 aromatic carbocycles. The number of hydrogen-bond donors (Lipinski definition) is 1. The lowest BCUT2D eigenvalue weighted by Crippen LogP contribution is -2.29. The first-order valence-corrected chi connectivity index (χ1v) is 10.8. The molecular formula is C18H18N4O3S3. The molecule has 1 aromatic heterocycles. The molecule has 0 spiro atoms. The second-order valence-corrected chi connectivity index (χ2v) is 9.64. The van der Waals surface area contributed by atoms with Gasteiger partial charge in [0.05, 0.1) is 15.1 Å². The van der Waals surface area contributed by atoms with Crippen molar-refractivity contribution in [1.82, 2.24) is 14.2 Å². The highest BCUT2D eigenvalue weighted by atomic mass is 32.2. The van der Waals surface area contributed by atoms with Gasteiger partial charge in [-0.2, -0.15) is 4.99 Å². The zero-order valence-corrected chi connectivity index (χ0v) is 17.9. The quantitative estimate of drug-likeness (QED) is 0.640. The van der Waals surface area contributed by atoms with Crippen LogP contribution in [0.1, 0.15) is 10.4 Å². The summed E-state index contributed by atoms with van der Waals surface area (Å²) in [5.74, 6) is -0.452. The molecule has 1 heterocycles. The molecule has 3 aromatic rings. The number of amides is 1. The molecule has 0 aliphatic heterocycles. The molecule has 3 rings (SSSR count). The molecule has 10 heteroatoms. The van der Waals surface area contributed by atoms with E-state index in [0.29, 0.717) is 4.80 Å². The van der Waals surface area contributed by atoms with E-state index < -0.39 is 15.9 Å². The Morgan fingerprint density at radius 2 is 1.79 bits per heavy atom. The molecule has 0 radical (unpaired) electrons. The third-order valence-corrected chi connectivity index (χ3v) is 7.16. The number of thiocarbonyl (C=S) groups is 1. The first-order chi connectivity index (χ1) is 13.2. The van der Waals surface area contributed by atoms with Crippen LogP contribution in [-0.2, 0) is 17.1 Å². The van der Waals surface area contributed by atoms with E-state index in [-0.39, 0.29) is 15.6 Å². The second-order valence-electron chi connectivity index (χ2n) is 6.09. The number of fused-ring (bicyclic) bond motifs is 1. The number of carbonyl (C=O) groups excluding carboxylic acids is 1. The van der Waals surface area contributed by atoms with E-state index in [2.05, 4.69) is 10.3 Å². The van der Waals surface area contributed by atoms with Gasteiger partial charge in [0.25, 0.3) is 5.91 Å². The van der Waals surface area contributed by atoms with Gasteiger partial charge in [0.15, 0.2) is 4.80 Å². The average molecular weight is 435 g/mol. The lowest BCUT2D eigenvalue weighted by molar-refractivity contribution is 0.0977. The van der Waals surface area contributed by atoms with Crippen LogP contribution in [0.25, 0.3) is 10.2 Å². The summed E-state index contributed by atoms with van der Waals surface area (Å²) < 4.78 is 28.3. The Morgan fingerprint density at radius 1 is 1.14 bits per heavy atom. The maximum Gasteiger partial charge on any atom is 0.257 e. The molecule has 1 N–H and O–H groups in total. The minimum Gasteiger partial charge on any atom is -0.319 e. The number of nitrogens with one attached hydrogen (secondary N) is 1. The molecule has 1 amide bonds. The van der Waals surface area contributed by atoms with Crippen molar-refractivity contribution < 1.29 is 13.2 Å². The summed E-state index contributed by atoms with van der Waals surface area (Å²) in [5.41, 5.74) is 1.31. The second kappa shape index (κ2) is 7.92. The number of aromatic nitrogens is 1. The summed E-state index contributed by atoms with van der Waals surface area (Å²) in [7, 11) is 1.23. The summed E-state index contributed by atoms with van der Waals surface area (Å²) >= 11 is 6.66. The Balaban J connectivity index is 1.79. The molecule has 0 fully saturated rings. The van der Waals surface area contributed by atoms with Crippen molar-refractivity contribution in [2.45, 2.75) is 4.90 Å². The fourth-order valence-electron chi connectivity index (χ4n) is 2.46. The van der Waals surface area contributed by atoms with E-state index >= 15 is 0 Å². The monoisotopic (exact) mass is 434 g/mol. The smallest absolute Gasteiger partial charge is 0.257 e. The van der Waals surface area contributed by atoms with Gasteiger partial charge in [-0.05, 0) is 48.6 Å². The highest BCUT2D eigenvalue weighted by Crippen LogP contribution is 2.15. The summed E-state index contributed by atoms with van der Waals surface area (Å²) in [6.07, 6.45) is 0. The first-order valence-electron chi connectivity index (χ1n) is 8.17.